The maximum absolute atomic E-state index is 12.4. The van der Waals surface area contributed by atoms with Gasteiger partial charge in [-0.2, -0.15) is 0 Å². The Kier molecular flexibility index (Phi) is 7.95. The van der Waals surface area contributed by atoms with Gasteiger partial charge < -0.3 is 15.1 Å². The van der Waals surface area contributed by atoms with Crippen LogP contribution >= 0.6 is 0 Å². The SMILES string of the molecule is CCN(CC)c1ccc(NC(=O)CCN(C(C)=O)c2cccc(C(C)=O)c2)cc1. The van der Waals surface area contributed by atoms with Gasteiger partial charge in [0.05, 0.1) is 0 Å². The van der Waals surface area contributed by atoms with E-state index in [0.29, 0.717) is 11.3 Å². The number of anilines is 3. The smallest absolute Gasteiger partial charge is 0.226 e. The molecular formula is C23H29N3O3. The van der Waals surface area contributed by atoms with Gasteiger partial charge in [-0.25, -0.2) is 0 Å². The van der Waals surface area contributed by atoms with Crippen LogP contribution in [0.1, 0.15) is 44.5 Å². The van der Waals surface area contributed by atoms with Crippen LogP contribution in [0.4, 0.5) is 17.1 Å². The largest absolute Gasteiger partial charge is 0.372 e. The second-order valence-electron chi connectivity index (χ2n) is 6.79. The molecule has 1 N–H and O–H groups in total. The van der Waals surface area contributed by atoms with Crippen LogP contribution in [0.25, 0.3) is 0 Å². The van der Waals surface area contributed by atoms with E-state index in [1.54, 1.807) is 24.3 Å². The predicted octanol–water partition coefficient (Wildman–Crippen LogP) is 4.12. The van der Waals surface area contributed by atoms with Crippen molar-refractivity contribution >= 4 is 34.7 Å². The summed E-state index contributed by atoms with van der Waals surface area (Å²) in [5.74, 6) is -0.419. The third-order valence-electron chi connectivity index (χ3n) is 4.79. The molecule has 6 nitrogen and oxygen atoms in total. The van der Waals surface area contributed by atoms with E-state index < -0.39 is 0 Å². The van der Waals surface area contributed by atoms with Crippen LogP contribution in [0.3, 0.4) is 0 Å². The summed E-state index contributed by atoms with van der Waals surface area (Å²) >= 11 is 0. The van der Waals surface area contributed by atoms with Gasteiger partial charge in [0.2, 0.25) is 11.8 Å². The van der Waals surface area contributed by atoms with Crippen LogP contribution in [0.2, 0.25) is 0 Å². The van der Waals surface area contributed by atoms with E-state index in [4.69, 9.17) is 0 Å². The minimum Gasteiger partial charge on any atom is -0.372 e. The molecule has 0 aliphatic heterocycles. The van der Waals surface area contributed by atoms with Gasteiger partial charge in [-0.3, -0.25) is 14.4 Å². The molecule has 2 aromatic rings. The zero-order valence-corrected chi connectivity index (χ0v) is 17.6. The van der Waals surface area contributed by atoms with Gasteiger partial charge in [-0.15, -0.1) is 0 Å². The summed E-state index contributed by atoms with van der Waals surface area (Å²) in [6, 6.07) is 14.6. The molecule has 0 saturated heterocycles. The summed E-state index contributed by atoms with van der Waals surface area (Å²) in [6.45, 7) is 9.22. The van der Waals surface area contributed by atoms with Crippen LogP contribution in [0, 0.1) is 0 Å². The van der Waals surface area contributed by atoms with Gasteiger partial charge in [0.1, 0.15) is 0 Å². The van der Waals surface area contributed by atoms with E-state index >= 15 is 0 Å². The summed E-state index contributed by atoms with van der Waals surface area (Å²) in [7, 11) is 0. The minimum absolute atomic E-state index is 0.0683. The number of nitrogens with one attached hydrogen (secondary N) is 1. The number of hydrogen-bond acceptors (Lipinski definition) is 4. The van der Waals surface area contributed by atoms with E-state index in [1.165, 1.54) is 18.7 Å². The van der Waals surface area contributed by atoms with Crippen LogP contribution in [0.15, 0.2) is 48.5 Å². The quantitative estimate of drug-likeness (QED) is 0.649. The van der Waals surface area contributed by atoms with Crippen molar-refractivity contribution in [2.45, 2.75) is 34.1 Å². The third-order valence-corrected chi connectivity index (χ3v) is 4.79. The van der Waals surface area contributed by atoms with E-state index in [-0.39, 0.29) is 30.6 Å². The molecule has 2 rings (SSSR count). The predicted molar refractivity (Wildman–Crippen MR) is 118 cm³/mol. The van der Waals surface area contributed by atoms with Gasteiger partial charge in [-0.05, 0) is 57.2 Å². The second kappa shape index (κ2) is 10.4. The van der Waals surface area contributed by atoms with Crippen molar-refractivity contribution in [1.82, 2.24) is 0 Å². The van der Waals surface area contributed by atoms with Crippen LogP contribution in [0.5, 0.6) is 0 Å². The van der Waals surface area contributed by atoms with Gasteiger partial charge in [0, 0.05) is 55.6 Å². The molecule has 0 aromatic heterocycles. The maximum atomic E-state index is 12.4. The lowest BCUT2D eigenvalue weighted by Gasteiger charge is -2.22. The highest BCUT2D eigenvalue weighted by Crippen LogP contribution is 2.19. The lowest BCUT2D eigenvalue weighted by atomic mass is 10.1. The zero-order chi connectivity index (χ0) is 21.4. The highest BCUT2D eigenvalue weighted by Gasteiger charge is 2.15. The van der Waals surface area contributed by atoms with E-state index in [2.05, 4.69) is 24.1 Å². The Labute approximate surface area is 172 Å². The number of Topliss-reactive ketones (excluding diaryl/α,β-unsaturated/α-hetero) is 1. The first-order valence-corrected chi connectivity index (χ1v) is 9.89. The van der Waals surface area contributed by atoms with E-state index in [0.717, 1.165) is 24.5 Å². The van der Waals surface area contributed by atoms with E-state index in [9.17, 15) is 14.4 Å². The molecule has 6 heteroatoms. The number of ketones is 1. The lowest BCUT2D eigenvalue weighted by Crippen LogP contribution is -2.32. The molecule has 0 radical (unpaired) electrons. The molecular weight excluding hydrogens is 366 g/mol. The molecule has 0 aliphatic carbocycles. The summed E-state index contributed by atoms with van der Waals surface area (Å²) in [5.41, 5.74) is 2.98. The number of rotatable bonds is 9. The van der Waals surface area contributed by atoms with Crippen LogP contribution in [-0.2, 0) is 9.59 Å². The molecule has 0 unspecified atom stereocenters. The van der Waals surface area contributed by atoms with Crippen molar-refractivity contribution in [2.75, 3.05) is 34.8 Å². The zero-order valence-electron chi connectivity index (χ0n) is 17.6. The molecule has 154 valence electrons. The summed E-state index contributed by atoms with van der Waals surface area (Å²) in [4.78, 5) is 39.8. The van der Waals surface area contributed by atoms with Crippen molar-refractivity contribution in [3.8, 4) is 0 Å². The average molecular weight is 396 g/mol. The molecule has 2 amide bonds. The Morgan fingerprint density at radius 3 is 2.10 bits per heavy atom. The molecule has 29 heavy (non-hydrogen) atoms. The Morgan fingerprint density at radius 1 is 0.897 bits per heavy atom. The molecule has 0 heterocycles. The molecule has 0 saturated carbocycles. The monoisotopic (exact) mass is 395 g/mol. The Morgan fingerprint density at radius 2 is 1.55 bits per heavy atom. The summed E-state index contributed by atoms with van der Waals surface area (Å²) in [6.07, 6.45) is 0.154. The van der Waals surface area contributed by atoms with Crippen LogP contribution < -0.4 is 15.1 Å². The van der Waals surface area contributed by atoms with Crippen molar-refractivity contribution < 1.29 is 14.4 Å². The maximum Gasteiger partial charge on any atom is 0.226 e. The molecule has 0 spiro atoms. The number of benzene rings is 2. The van der Waals surface area contributed by atoms with Crippen molar-refractivity contribution in [2.24, 2.45) is 0 Å². The minimum atomic E-state index is -0.179. The fraction of sp³-hybridized carbons (Fsp3) is 0.348. The Hall–Kier alpha value is -3.15. The number of nitrogens with zero attached hydrogens (tertiary/aromatic N) is 2. The molecule has 0 aliphatic rings. The topological polar surface area (TPSA) is 69.7 Å². The third kappa shape index (κ3) is 6.17. The van der Waals surface area contributed by atoms with Gasteiger partial charge in [0.15, 0.2) is 5.78 Å². The highest BCUT2D eigenvalue weighted by molar-refractivity contribution is 5.98. The molecule has 0 fully saturated rings. The van der Waals surface area contributed by atoms with Gasteiger partial charge in [0.25, 0.3) is 0 Å². The fourth-order valence-electron chi connectivity index (χ4n) is 3.14. The molecule has 0 atom stereocenters. The first-order valence-electron chi connectivity index (χ1n) is 9.89. The van der Waals surface area contributed by atoms with Gasteiger partial charge >= 0.3 is 0 Å². The number of carbonyl (C=O) groups is 3. The average Bonchev–Trinajstić information content (AvgIpc) is 2.70. The molecule has 0 bridgehead atoms. The van der Waals surface area contributed by atoms with Crippen molar-refractivity contribution in [1.29, 1.82) is 0 Å². The summed E-state index contributed by atoms with van der Waals surface area (Å²) < 4.78 is 0. The lowest BCUT2D eigenvalue weighted by molar-refractivity contribution is -0.117. The number of carbonyl (C=O) groups excluding carboxylic acids is 3. The Bertz CT molecular complexity index is 858. The number of hydrogen-bond donors (Lipinski definition) is 1. The molecule has 2 aromatic carbocycles. The normalized spacial score (nSPS) is 10.3. The fourth-order valence-corrected chi connectivity index (χ4v) is 3.14. The van der Waals surface area contributed by atoms with E-state index in [1.807, 2.05) is 24.3 Å². The second-order valence-corrected chi connectivity index (χ2v) is 6.79. The standard InChI is InChI=1S/C23H29N3O3/c1-5-25(6-2)21-12-10-20(11-13-21)24-23(29)14-15-26(18(4)28)22-9-7-8-19(16-22)17(3)27/h7-13,16H,5-6,14-15H2,1-4H3,(H,24,29). The highest BCUT2D eigenvalue weighted by atomic mass is 16.2. The van der Waals surface area contributed by atoms with Crippen LogP contribution in [-0.4, -0.2) is 37.2 Å². The van der Waals surface area contributed by atoms with Crippen molar-refractivity contribution in [3.63, 3.8) is 0 Å². The summed E-state index contributed by atoms with van der Waals surface area (Å²) in [5, 5.41) is 2.87. The first-order chi connectivity index (χ1) is 13.8. The first kappa shape index (κ1) is 22.1. The van der Waals surface area contributed by atoms with Gasteiger partial charge in [-0.1, -0.05) is 12.1 Å². The Balaban J connectivity index is 2.00. The van der Waals surface area contributed by atoms with Crippen molar-refractivity contribution in [3.05, 3.63) is 54.1 Å². The number of amides is 2.